The van der Waals surface area contributed by atoms with Gasteiger partial charge < -0.3 is 4.90 Å². The molecule has 0 amide bonds. The zero-order valence-corrected chi connectivity index (χ0v) is 11.4. The Morgan fingerprint density at radius 3 is 2.89 bits per heavy atom. The fraction of sp³-hybridized carbons (Fsp3) is 0.286. The number of fused-ring (bicyclic) bond motifs is 1. The van der Waals surface area contributed by atoms with Crippen molar-refractivity contribution < 1.29 is 0 Å². The summed E-state index contributed by atoms with van der Waals surface area (Å²) in [7, 11) is 2.03. The lowest BCUT2D eigenvalue weighted by Crippen LogP contribution is -2.21. The van der Waals surface area contributed by atoms with E-state index in [-0.39, 0.29) is 0 Å². The van der Waals surface area contributed by atoms with Crippen LogP contribution in [0.2, 0.25) is 0 Å². The standard InChI is InChI=1S/C14H15N3S/c1-17(7-8-18-2)14-11(9-15)10-16-13-6-4-3-5-12(13)14/h3-6,10H,7-8H2,1-2H3. The van der Waals surface area contributed by atoms with Gasteiger partial charge in [-0.2, -0.15) is 17.0 Å². The highest BCUT2D eigenvalue weighted by Crippen LogP contribution is 2.28. The number of aromatic nitrogens is 1. The van der Waals surface area contributed by atoms with Crippen LogP contribution < -0.4 is 4.90 Å². The fourth-order valence-electron chi connectivity index (χ4n) is 1.96. The first kappa shape index (κ1) is 12.7. The van der Waals surface area contributed by atoms with Gasteiger partial charge in [-0.3, -0.25) is 4.98 Å². The highest BCUT2D eigenvalue weighted by Gasteiger charge is 2.12. The number of pyridine rings is 1. The lowest BCUT2D eigenvalue weighted by Gasteiger charge is -2.21. The third-order valence-corrected chi connectivity index (χ3v) is 3.47. The highest BCUT2D eigenvalue weighted by molar-refractivity contribution is 7.98. The Hall–Kier alpha value is -1.73. The van der Waals surface area contributed by atoms with Gasteiger partial charge in [-0.05, 0) is 12.3 Å². The minimum absolute atomic E-state index is 0.636. The van der Waals surface area contributed by atoms with E-state index in [1.165, 1.54) is 0 Å². The van der Waals surface area contributed by atoms with Gasteiger partial charge in [0, 0.05) is 30.9 Å². The van der Waals surface area contributed by atoms with Crippen molar-refractivity contribution >= 4 is 28.4 Å². The zero-order chi connectivity index (χ0) is 13.0. The van der Waals surface area contributed by atoms with E-state index in [0.29, 0.717) is 5.56 Å². The van der Waals surface area contributed by atoms with Crippen LogP contribution in [0, 0.1) is 11.3 Å². The Labute approximate surface area is 111 Å². The molecule has 0 saturated carbocycles. The number of benzene rings is 1. The van der Waals surface area contributed by atoms with Crippen molar-refractivity contribution in [2.45, 2.75) is 0 Å². The molecule has 0 saturated heterocycles. The van der Waals surface area contributed by atoms with E-state index in [1.54, 1.807) is 18.0 Å². The number of hydrogen-bond donors (Lipinski definition) is 0. The molecule has 0 fully saturated rings. The van der Waals surface area contributed by atoms with Gasteiger partial charge >= 0.3 is 0 Å². The molecule has 2 aromatic rings. The van der Waals surface area contributed by atoms with Crippen molar-refractivity contribution in [2.75, 3.05) is 30.5 Å². The monoisotopic (exact) mass is 257 g/mol. The topological polar surface area (TPSA) is 39.9 Å². The molecule has 1 aromatic heterocycles. The molecular weight excluding hydrogens is 242 g/mol. The Balaban J connectivity index is 2.54. The summed E-state index contributed by atoms with van der Waals surface area (Å²) in [6.45, 7) is 0.920. The molecule has 0 aliphatic heterocycles. The van der Waals surface area contributed by atoms with Crippen LogP contribution >= 0.6 is 11.8 Å². The van der Waals surface area contributed by atoms with Crippen molar-refractivity contribution in [1.82, 2.24) is 4.98 Å². The molecule has 1 heterocycles. The number of nitrogens with zero attached hydrogens (tertiary/aromatic N) is 3. The number of rotatable bonds is 4. The predicted octanol–water partition coefficient (Wildman–Crippen LogP) is 2.91. The van der Waals surface area contributed by atoms with Crippen LogP contribution in [0.1, 0.15) is 5.56 Å². The maximum atomic E-state index is 9.23. The van der Waals surface area contributed by atoms with Gasteiger partial charge in [0.25, 0.3) is 0 Å². The summed E-state index contributed by atoms with van der Waals surface area (Å²) in [4.78, 5) is 6.46. The van der Waals surface area contributed by atoms with Gasteiger partial charge in [-0.15, -0.1) is 0 Å². The molecule has 0 aliphatic carbocycles. The van der Waals surface area contributed by atoms with Gasteiger partial charge in [-0.1, -0.05) is 18.2 Å². The quantitative estimate of drug-likeness (QED) is 0.844. The second kappa shape index (κ2) is 5.74. The second-order valence-electron chi connectivity index (χ2n) is 4.06. The Morgan fingerprint density at radius 1 is 1.39 bits per heavy atom. The van der Waals surface area contributed by atoms with Crippen molar-refractivity contribution in [3.63, 3.8) is 0 Å². The first-order valence-corrected chi connectivity index (χ1v) is 7.15. The van der Waals surface area contributed by atoms with Crippen molar-refractivity contribution in [3.8, 4) is 6.07 Å². The maximum Gasteiger partial charge on any atom is 0.103 e. The maximum absolute atomic E-state index is 9.23. The number of nitriles is 1. The van der Waals surface area contributed by atoms with E-state index < -0.39 is 0 Å². The molecule has 18 heavy (non-hydrogen) atoms. The van der Waals surface area contributed by atoms with Crippen molar-refractivity contribution in [3.05, 3.63) is 36.0 Å². The molecule has 0 aliphatic rings. The van der Waals surface area contributed by atoms with Gasteiger partial charge in [0.2, 0.25) is 0 Å². The van der Waals surface area contributed by atoms with Crippen molar-refractivity contribution in [1.29, 1.82) is 5.26 Å². The molecule has 0 N–H and O–H groups in total. The predicted molar refractivity (Wildman–Crippen MR) is 78.1 cm³/mol. The molecule has 3 nitrogen and oxygen atoms in total. The third kappa shape index (κ3) is 2.41. The zero-order valence-electron chi connectivity index (χ0n) is 10.6. The van der Waals surface area contributed by atoms with Crippen molar-refractivity contribution in [2.24, 2.45) is 0 Å². The van der Waals surface area contributed by atoms with Gasteiger partial charge in [0.15, 0.2) is 0 Å². The van der Waals surface area contributed by atoms with Crippen LogP contribution in [0.25, 0.3) is 10.9 Å². The minimum Gasteiger partial charge on any atom is -0.372 e. The van der Waals surface area contributed by atoms with E-state index >= 15 is 0 Å². The van der Waals surface area contributed by atoms with E-state index in [0.717, 1.165) is 28.9 Å². The molecule has 0 atom stereocenters. The average molecular weight is 257 g/mol. The largest absolute Gasteiger partial charge is 0.372 e. The number of para-hydroxylation sites is 1. The molecule has 0 radical (unpaired) electrons. The van der Waals surface area contributed by atoms with E-state index in [4.69, 9.17) is 0 Å². The number of hydrogen-bond acceptors (Lipinski definition) is 4. The highest BCUT2D eigenvalue weighted by atomic mass is 32.2. The molecule has 4 heteroatoms. The summed E-state index contributed by atoms with van der Waals surface area (Å²) in [5.74, 6) is 1.04. The normalized spacial score (nSPS) is 10.3. The molecular formula is C14H15N3S. The van der Waals surface area contributed by atoms with Crippen LogP contribution in [0.4, 0.5) is 5.69 Å². The first-order valence-electron chi connectivity index (χ1n) is 5.76. The molecule has 92 valence electrons. The summed E-state index contributed by atoms with van der Waals surface area (Å²) < 4.78 is 0. The van der Waals surface area contributed by atoms with Crippen LogP contribution in [0.5, 0.6) is 0 Å². The Bertz CT molecular complexity index is 589. The minimum atomic E-state index is 0.636. The Kier molecular flexibility index (Phi) is 4.06. The average Bonchev–Trinajstić information content (AvgIpc) is 2.43. The first-order chi connectivity index (χ1) is 8.77. The van der Waals surface area contributed by atoms with E-state index in [9.17, 15) is 5.26 Å². The lowest BCUT2D eigenvalue weighted by molar-refractivity contribution is 0.979. The summed E-state index contributed by atoms with van der Waals surface area (Å²) >= 11 is 1.80. The Morgan fingerprint density at radius 2 is 2.17 bits per heavy atom. The third-order valence-electron chi connectivity index (χ3n) is 2.88. The van der Waals surface area contributed by atoms with Crippen LogP contribution in [-0.2, 0) is 0 Å². The molecule has 0 bridgehead atoms. The van der Waals surface area contributed by atoms with E-state index in [2.05, 4.69) is 22.2 Å². The van der Waals surface area contributed by atoms with E-state index in [1.807, 2.05) is 31.3 Å². The lowest BCUT2D eigenvalue weighted by atomic mass is 10.1. The molecule has 1 aromatic carbocycles. The van der Waals surface area contributed by atoms with Gasteiger partial charge in [0.1, 0.15) is 6.07 Å². The smallest absolute Gasteiger partial charge is 0.103 e. The summed E-state index contributed by atoms with van der Waals surface area (Å²) in [6, 6.07) is 10.2. The second-order valence-corrected chi connectivity index (χ2v) is 5.05. The summed E-state index contributed by atoms with van der Waals surface area (Å²) in [6.07, 6.45) is 3.75. The van der Waals surface area contributed by atoms with Crippen LogP contribution in [0.15, 0.2) is 30.5 Å². The molecule has 0 unspecified atom stereocenters. The summed E-state index contributed by atoms with van der Waals surface area (Å²) in [5, 5.41) is 10.3. The van der Waals surface area contributed by atoms with Gasteiger partial charge in [-0.25, -0.2) is 0 Å². The van der Waals surface area contributed by atoms with Gasteiger partial charge in [0.05, 0.1) is 16.8 Å². The number of thioether (sulfide) groups is 1. The molecule has 2 rings (SSSR count). The number of anilines is 1. The summed E-state index contributed by atoms with van der Waals surface area (Å²) in [5.41, 5.74) is 2.55. The van der Waals surface area contributed by atoms with Crippen LogP contribution in [-0.4, -0.2) is 30.6 Å². The molecule has 0 spiro atoms. The van der Waals surface area contributed by atoms with Crippen LogP contribution in [0.3, 0.4) is 0 Å². The SMILES string of the molecule is CSCCN(C)c1c(C#N)cnc2ccccc12. The fourth-order valence-corrected chi connectivity index (χ4v) is 2.42.